The van der Waals surface area contributed by atoms with E-state index >= 15 is 0 Å². The summed E-state index contributed by atoms with van der Waals surface area (Å²) < 4.78 is 0. The van der Waals surface area contributed by atoms with Crippen LogP contribution in [0.1, 0.15) is 24.1 Å². The van der Waals surface area contributed by atoms with Gasteiger partial charge in [0.1, 0.15) is 5.54 Å². The van der Waals surface area contributed by atoms with Crippen LogP contribution in [0.5, 0.6) is 0 Å². The Morgan fingerprint density at radius 2 is 1.70 bits per heavy atom. The van der Waals surface area contributed by atoms with Gasteiger partial charge in [-0.25, -0.2) is 0 Å². The van der Waals surface area contributed by atoms with E-state index in [0.717, 1.165) is 12.1 Å². The fourth-order valence-corrected chi connectivity index (χ4v) is 4.46. The van der Waals surface area contributed by atoms with Crippen LogP contribution in [0.3, 0.4) is 0 Å². The first-order chi connectivity index (χ1) is 14.6. The number of primary amides is 1. The number of carbonyl (C=O) groups is 1. The van der Waals surface area contributed by atoms with Crippen LogP contribution >= 0.6 is 0 Å². The lowest BCUT2D eigenvalue weighted by atomic mass is 9.82. The van der Waals surface area contributed by atoms with Gasteiger partial charge in [0.05, 0.1) is 6.04 Å². The summed E-state index contributed by atoms with van der Waals surface area (Å²) in [6, 6.07) is 21.0. The molecule has 1 amide bonds. The lowest BCUT2D eigenvalue weighted by Crippen LogP contribution is -2.76. The monoisotopic (exact) mass is 397 g/mol. The van der Waals surface area contributed by atoms with Crippen molar-refractivity contribution in [1.29, 1.82) is 0 Å². The first-order valence-corrected chi connectivity index (χ1v) is 10.4. The minimum atomic E-state index is -0.680. The van der Waals surface area contributed by atoms with Gasteiger partial charge in [0, 0.05) is 25.2 Å². The maximum Gasteiger partial charge on any atom is 0.240 e. The van der Waals surface area contributed by atoms with Crippen molar-refractivity contribution in [2.24, 2.45) is 5.73 Å². The Labute approximate surface area is 178 Å². The van der Waals surface area contributed by atoms with E-state index in [4.69, 9.17) is 5.73 Å². The number of hydrogen-bond acceptors (Lipinski definition) is 3. The van der Waals surface area contributed by atoms with Crippen LogP contribution in [-0.4, -0.2) is 47.4 Å². The molecule has 1 aliphatic carbocycles. The molecule has 4 rings (SSSR count). The van der Waals surface area contributed by atoms with Crippen LogP contribution in [0.25, 0.3) is 0 Å². The van der Waals surface area contributed by atoms with Crippen LogP contribution < -0.4 is 5.73 Å². The Morgan fingerprint density at radius 3 is 2.17 bits per heavy atom. The zero-order valence-corrected chi connectivity index (χ0v) is 17.3. The van der Waals surface area contributed by atoms with Crippen LogP contribution in [0.2, 0.25) is 0 Å². The number of nitrogens with two attached hydrogens (primary N) is 1. The SMILES string of the molecule is CCN(CC1=C=C=CC=C1)C1(C(N)=O)CN(C(c2ccccc2)c2ccccc2)C1. The number of rotatable bonds is 8. The molecule has 4 heteroatoms. The molecule has 1 aliphatic heterocycles. The smallest absolute Gasteiger partial charge is 0.240 e. The summed E-state index contributed by atoms with van der Waals surface area (Å²) in [5.74, 6) is -0.264. The maximum atomic E-state index is 12.7. The van der Waals surface area contributed by atoms with Crippen molar-refractivity contribution in [1.82, 2.24) is 9.80 Å². The van der Waals surface area contributed by atoms with Gasteiger partial charge in [0.2, 0.25) is 5.91 Å². The average Bonchev–Trinajstić information content (AvgIpc) is 2.76. The highest BCUT2D eigenvalue weighted by Gasteiger charge is 2.54. The molecule has 2 aromatic rings. The van der Waals surface area contributed by atoms with Crippen molar-refractivity contribution in [3.8, 4) is 0 Å². The molecule has 0 spiro atoms. The second-order valence-electron chi connectivity index (χ2n) is 7.86. The fourth-order valence-electron chi connectivity index (χ4n) is 4.46. The van der Waals surface area contributed by atoms with Crippen molar-refractivity contribution in [3.63, 3.8) is 0 Å². The van der Waals surface area contributed by atoms with E-state index in [2.05, 4.69) is 76.7 Å². The van der Waals surface area contributed by atoms with E-state index in [1.807, 2.05) is 30.4 Å². The van der Waals surface area contributed by atoms with E-state index in [-0.39, 0.29) is 11.9 Å². The summed E-state index contributed by atoms with van der Waals surface area (Å²) in [5, 5.41) is 0. The molecular weight excluding hydrogens is 370 g/mol. The van der Waals surface area contributed by atoms with Crippen LogP contribution in [0.15, 0.2) is 95.9 Å². The van der Waals surface area contributed by atoms with Gasteiger partial charge in [-0.05, 0) is 29.8 Å². The predicted octanol–water partition coefficient (Wildman–Crippen LogP) is 3.44. The number of carbonyl (C=O) groups excluding carboxylic acids is 1. The van der Waals surface area contributed by atoms with Gasteiger partial charge in [-0.3, -0.25) is 14.6 Å². The molecule has 2 N–H and O–H groups in total. The van der Waals surface area contributed by atoms with Gasteiger partial charge < -0.3 is 5.73 Å². The normalized spacial score (nSPS) is 17.2. The van der Waals surface area contributed by atoms with Gasteiger partial charge in [-0.1, -0.05) is 85.1 Å². The number of nitrogens with zero attached hydrogens (tertiary/aromatic N) is 2. The summed E-state index contributed by atoms with van der Waals surface area (Å²) in [6.45, 7) is 4.64. The van der Waals surface area contributed by atoms with Gasteiger partial charge in [-0.15, -0.1) is 0 Å². The second kappa shape index (κ2) is 8.71. The summed E-state index contributed by atoms with van der Waals surface area (Å²) in [6.07, 6.45) is 5.80. The zero-order valence-electron chi connectivity index (χ0n) is 17.3. The number of amides is 1. The molecule has 30 heavy (non-hydrogen) atoms. The van der Waals surface area contributed by atoms with E-state index in [0.29, 0.717) is 19.6 Å². The molecule has 2 aromatic carbocycles. The molecule has 2 aliphatic rings. The Balaban J connectivity index is 1.62. The summed E-state index contributed by atoms with van der Waals surface area (Å²) in [5.41, 5.74) is 14.9. The third kappa shape index (κ3) is 3.82. The number of likely N-dealkylation sites (tertiary alicyclic amines) is 1. The summed E-state index contributed by atoms with van der Waals surface area (Å²) in [4.78, 5) is 17.2. The fraction of sp³-hybridized carbons (Fsp3) is 0.269. The third-order valence-corrected chi connectivity index (χ3v) is 6.04. The molecule has 1 heterocycles. The average molecular weight is 398 g/mol. The maximum absolute atomic E-state index is 12.7. The minimum absolute atomic E-state index is 0.0928. The molecule has 0 radical (unpaired) electrons. The van der Waals surface area contributed by atoms with E-state index in [1.54, 1.807) is 0 Å². The Hall–Kier alpha value is -3.13. The van der Waals surface area contributed by atoms with E-state index < -0.39 is 5.54 Å². The molecule has 152 valence electrons. The largest absolute Gasteiger partial charge is 0.368 e. The number of allylic oxidation sites excluding steroid dienone is 2. The number of likely N-dealkylation sites (N-methyl/N-ethyl adjacent to an activating group) is 1. The molecule has 0 bridgehead atoms. The highest BCUT2D eigenvalue weighted by Crippen LogP contribution is 2.38. The Bertz CT molecular complexity index is 983. The van der Waals surface area contributed by atoms with Crippen LogP contribution in [0.4, 0.5) is 0 Å². The first kappa shape index (κ1) is 20.2. The second-order valence-corrected chi connectivity index (χ2v) is 7.86. The number of benzene rings is 2. The zero-order chi connectivity index (χ0) is 21.0. The Kier molecular flexibility index (Phi) is 5.85. The molecule has 1 fully saturated rings. The predicted molar refractivity (Wildman–Crippen MR) is 120 cm³/mol. The third-order valence-electron chi connectivity index (χ3n) is 6.04. The number of hydrogen-bond donors (Lipinski definition) is 1. The standard InChI is InChI=1S/C26H27N3O/c1-2-29(18-21-12-6-3-7-13-21)26(25(27)30)19-28(20-26)24(22-14-8-4-9-15-22)23-16-10-5-11-17-23/h3-6,8-12,14-17,24H,2,18-20H2,1H3,(H2,27,30). The summed E-state index contributed by atoms with van der Waals surface area (Å²) >= 11 is 0. The van der Waals surface area contributed by atoms with Gasteiger partial charge in [0.15, 0.2) is 0 Å². The quantitative estimate of drug-likeness (QED) is 0.694. The molecule has 1 saturated heterocycles. The van der Waals surface area contributed by atoms with E-state index in [9.17, 15) is 4.79 Å². The van der Waals surface area contributed by atoms with Crippen LogP contribution in [0, 0.1) is 0 Å². The molecule has 0 atom stereocenters. The topological polar surface area (TPSA) is 49.6 Å². The highest BCUT2D eigenvalue weighted by molar-refractivity contribution is 5.86. The molecule has 0 unspecified atom stereocenters. The van der Waals surface area contributed by atoms with Crippen molar-refractivity contribution in [2.45, 2.75) is 18.5 Å². The van der Waals surface area contributed by atoms with Crippen molar-refractivity contribution < 1.29 is 4.79 Å². The lowest BCUT2D eigenvalue weighted by molar-refractivity contribution is -0.145. The van der Waals surface area contributed by atoms with E-state index in [1.165, 1.54) is 11.1 Å². The van der Waals surface area contributed by atoms with Gasteiger partial charge >= 0.3 is 0 Å². The molecular formula is C26H27N3O. The summed E-state index contributed by atoms with van der Waals surface area (Å²) in [7, 11) is 0. The van der Waals surface area contributed by atoms with Crippen molar-refractivity contribution in [2.75, 3.05) is 26.2 Å². The molecule has 4 nitrogen and oxygen atoms in total. The lowest BCUT2D eigenvalue weighted by Gasteiger charge is -2.56. The van der Waals surface area contributed by atoms with Crippen LogP contribution in [-0.2, 0) is 4.79 Å². The Morgan fingerprint density at radius 1 is 1.10 bits per heavy atom. The molecule has 0 aromatic heterocycles. The van der Waals surface area contributed by atoms with Gasteiger partial charge in [-0.2, -0.15) is 0 Å². The van der Waals surface area contributed by atoms with Crippen molar-refractivity contribution in [3.05, 3.63) is 107 Å². The minimum Gasteiger partial charge on any atom is -0.368 e. The van der Waals surface area contributed by atoms with Gasteiger partial charge in [0.25, 0.3) is 0 Å². The highest BCUT2D eigenvalue weighted by atomic mass is 16.2. The van der Waals surface area contributed by atoms with Crippen molar-refractivity contribution >= 4 is 5.91 Å². The molecule has 0 saturated carbocycles. The first-order valence-electron chi connectivity index (χ1n) is 10.4.